The third kappa shape index (κ3) is 5.30. The molecule has 4 rings (SSSR count). The van der Waals surface area contributed by atoms with Crippen molar-refractivity contribution < 1.29 is 22.7 Å². The number of sulfonamides is 1. The van der Waals surface area contributed by atoms with Crippen LogP contribution < -0.4 is 14.8 Å². The Kier molecular flexibility index (Phi) is 6.88. The molecule has 0 saturated carbocycles. The van der Waals surface area contributed by atoms with Crippen molar-refractivity contribution in [1.82, 2.24) is 4.31 Å². The van der Waals surface area contributed by atoms with Gasteiger partial charge in [-0.2, -0.15) is 4.31 Å². The lowest BCUT2D eigenvalue weighted by atomic mass is 10.2. The van der Waals surface area contributed by atoms with Gasteiger partial charge in [0.1, 0.15) is 11.5 Å². The number of amides is 1. The van der Waals surface area contributed by atoms with E-state index in [0.29, 0.717) is 46.6 Å². The summed E-state index contributed by atoms with van der Waals surface area (Å²) in [6, 6.07) is 17.8. The molecule has 0 unspecified atom stereocenters. The van der Waals surface area contributed by atoms with E-state index >= 15 is 0 Å². The fourth-order valence-electron chi connectivity index (χ4n) is 3.51. The largest absolute Gasteiger partial charge is 0.497 e. The van der Waals surface area contributed by atoms with Crippen molar-refractivity contribution >= 4 is 33.2 Å². The van der Waals surface area contributed by atoms with E-state index < -0.39 is 15.9 Å². The molecule has 3 aromatic carbocycles. The lowest BCUT2D eigenvalue weighted by Crippen LogP contribution is -2.27. The van der Waals surface area contributed by atoms with Gasteiger partial charge in [0.25, 0.3) is 5.91 Å². The van der Waals surface area contributed by atoms with Crippen LogP contribution in [0.15, 0.2) is 71.6 Å². The van der Waals surface area contributed by atoms with Crippen molar-refractivity contribution in [1.29, 1.82) is 0 Å². The summed E-state index contributed by atoms with van der Waals surface area (Å²) in [5, 5.41) is 3.22. The average molecular weight is 487 g/mol. The number of hydrogen-bond acceptors (Lipinski definition) is 5. The van der Waals surface area contributed by atoms with E-state index in [2.05, 4.69) is 5.32 Å². The lowest BCUT2D eigenvalue weighted by Gasteiger charge is -2.16. The molecule has 1 N–H and O–H groups in total. The predicted octanol–water partition coefficient (Wildman–Crippen LogP) is 5.18. The number of nitrogens with zero attached hydrogens (tertiary/aromatic N) is 1. The molecule has 1 amide bonds. The van der Waals surface area contributed by atoms with Crippen molar-refractivity contribution in [3.8, 4) is 17.2 Å². The molecule has 0 spiro atoms. The Morgan fingerprint density at radius 3 is 2.21 bits per heavy atom. The Hall–Kier alpha value is -3.07. The van der Waals surface area contributed by atoms with Crippen LogP contribution in [0, 0.1) is 0 Å². The van der Waals surface area contributed by atoms with Gasteiger partial charge in [-0.15, -0.1) is 0 Å². The molecule has 7 nitrogen and oxygen atoms in total. The van der Waals surface area contributed by atoms with Crippen molar-refractivity contribution in [2.24, 2.45) is 0 Å². The van der Waals surface area contributed by atoms with E-state index in [1.54, 1.807) is 49.6 Å². The molecule has 0 radical (unpaired) electrons. The van der Waals surface area contributed by atoms with Crippen LogP contribution in [0.5, 0.6) is 17.2 Å². The van der Waals surface area contributed by atoms with Gasteiger partial charge in [0, 0.05) is 23.7 Å². The molecule has 0 bridgehead atoms. The number of anilines is 1. The normalized spacial score (nSPS) is 14.1. The van der Waals surface area contributed by atoms with Crippen LogP contribution >= 0.6 is 11.6 Å². The molecule has 33 heavy (non-hydrogen) atoms. The van der Waals surface area contributed by atoms with Gasteiger partial charge in [-0.25, -0.2) is 8.42 Å². The first kappa shape index (κ1) is 23.1. The van der Waals surface area contributed by atoms with Crippen molar-refractivity contribution in [2.45, 2.75) is 17.7 Å². The predicted molar refractivity (Wildman–Crippen MR) is 127 cm³/mol. The highest BCUT2D eigenvalue weighted by molar-refractivity contribution is 7.89. The molecule has 1 aliphatic heterocycles. The molecule has 3 aromatic rings. The van der Waals surface area contributed by atoms with Gasteiger partial charge in [-0.05, 0) is 79.6 Å². The van der Waals surface area contributed by atoms with Crippen LogP contribution in [-0.2, 0) is 10.0 Å². The lowest BCUT2D eigenvalue weighted by molar-refractivity contribution is 0.102. The number of ether oxygens (including phenoxy) is 2. The second-order valence-electron chi connectivity index (χ2n) is 7.51. The SMILES string of the molecule is COc1ccc(Oc2ccc(Cl)cc2NC(=O)c2ccc(S(=O)(=O)N3CCCC3)cc2)cc1. The Balaban J connectivity index is 1.51. The van der Waals surface area contributed by atoms with Crippen LogP contribution in [0.25, 0.3) is 0 Å². The van der Waals surface area contributed by atoms with E-state index in [1.807, 2.05) is 0 Å². The molecule has 0 aliphatic carbocycles. The number of nitrogens with one attached hydrogen (secondary N) is 1. The smallest absolute Gasteiger partial charge is 0.255 e. The first-order chi connectivity index (χ1) is 15.9. The number of halogens is 1. The summed E-state index contributed by atoms with van der Waals surface area (Å²) in [5.41, 5.74) is 0.697. The minimum atomic E-state index is -3.54. The van der Waals surface area contributed by atoms with Crippen molar-refractivity contribution in [3.05, 3.63) is 77.3 Å². The Morgan fingerprint density at radius 1 is 0.939 bits per heavy atom. The highest BCUT2D eigenvalue weighted by Crippen LogP contribution is 2.33. The molecule has 1 heterocycles. The van der Waals surface area contributed by atoms with E-state index in [1.165, 1.54) is 28.6 Å². The van der Waals surface area contributed by atoms with Crippen LogP contribution in [0.3, 0.4) is 0 Å². The number of methoxy groups -OCH3 is 1. The van der Waals surface area contributed by atoms with E-state index in [4.69, 9.17) is 21.1 Å². The second-order valence-corrected chi connectivity index (χ2v) is 9.88. The summed E-state index contributed by atoms with van der Waals surface area (Å²) in [7, 11) is -1.96. The summed E-state index contributed by atoms with van der Waals surface area (Å²) in [6.45, 7) is 1.05. The van der Waals surface area contributed by atoms with Gasteiger partial charge in [-0.1, -0.05) is 11.6 Å². The zero-order valence-corrected chi connectivity index (χ0v) is 19.5. The summed E-state index contributed by atoms with van der Waals surface area (Å²) >= 11 is 6.13. The summed E-state index contributed by atoms with van der Waals surface area (Å²) in [6.07, 6.45) is 1.72. The van der Waals surface area contributed by atoms with Crippen LogP contribution in [0.2, 0.25) is 5.02 Å². The molecule has 1 saturated heterocycles. The van der Waals surface area contributed by atoms with Gasteiger partial charge in [-0.3, -0.25) is 4.79 Å². The fourth-order valence-corrected chi connectivity index (χ4v) is 5.20. The zero-order chi connectivity index (χ0) is 23.4. The zero-order valence-electron chi connectivity index (χ0n) is 18.0. The third-order valence-corrected chi connectivity index (χ3v) is 7.44. The number of rotatable bonds is 7. The van der Waals surface area contributed by atoms with Gasteiger partial charge in [0.15, 0.2) is 5.75 Å². The summed E-state index contributed by atoms with van der Waals surface area (Å²) < 4.78 is 37.9. The molecular formula is C24H23ClN2O5S. The van der Waals surface area contributed by atoms with Crippen LogP contribution in [0.4, 0.5) is 5.69 Å². The molecule has 172 valence electrons. The minimum Gasteiger partial charge on any atom is -0.497 e. The Bertz CT molecular complexity index is 1240. The molecular weight excluding hydrogens is 464 g/mol. The maximum Gasteiger partial charge on any atom is 0.255 e. The van der Waals surface area contributed by atoms with Gasteiger partial charge >= 0.3 is 0 Å². The summed E-state index contributed by atoms with van der Waals surface area (Å²) in [5.74, 6) is 1.25. The topological polar surface area (TPSA) is 84.9 Å². The Labute approximate surface area is 197 Å². The minimum absolute atomic E-state index is 0.173. The van der Waals surface area contributed by atoms with Crippen molar-refractivity contribution in [2.75, 3.05) is 25.5 Å². The monoisotopic (exact) mass is 486 g/mol. The highest BCUT2D eigenvalue weighted by Gasteiger charge is 2.27. The van der Waals surface area contributed by atoms with Gasteiger partial charge < -0.3 is 14.8 Å². The van der Waals surface area contributed by atoms with Crippen LogP contribution in [0.1, 0.15) is 23.2 Å². The first-order valence-electron chi connectivity index (χ1n) is 10.4. The molecule has 0 aromatic heterocycles. The molecule has 0 atom stereocenters. The quantitative estimate of drug-likeness (QED) is 0.497. The molecule has 9 heteroatoms. The summed E-state index contributed by atoms with van der Waals surface area (Å²) in [4.78, 5) is 13.0. The maximum absolute atomic E-state index is 12.8. The van der Waals surface area contributed by atoms with E-state index in [9.17, 15) is 13.2 Å². The fraction of sp³-hybridized carbons (Fsp3) is 0.208. The first-order valence-corrected chi connectivity index (χ1v) is 12.2. The Morgan fingerprint density at radius 2 is 1.58 bits per heavy atom. The van der Waals surface area contributed by atoms with E-state index in [-0.39, 0.29) is 4.90 Å². The van der Waals surface area contributed by atoms with Crippen molar-refractivity contribution in [3.63, 3.8) is 0 Å². The third-order valence-electron chi connectivity index (χ3n) is 5.30. The molecule has 1 aliphatic rings. The average Bonchev–Trinajstić information content (AvgIpc) is 3.37. The second kappa shape index (κ2) is 9.82. The standard InChI is InChI=1S/C24H23ClN2O5S/c1-31-19-7-9-20(10-8-19)32-23-13-6-18(25)16-22(23)26-24(28)17-4-11-21(12-5-17)33(29,30)27-14-2-3-15-27/h4-13,16H,2-3,14-15H2,1H3,(H,26,28). The number of carbonyl (C=O) groups is 1. The van der Waals surface area contributed by atoms with Gasteiger partial charge in [0.05, 0.1) is 17.7 Å². The van der Waals surface area contributed by atoms with E-state index in [0.717, 1.165) is 12.8 Å². The number of carbonyl (C=O) groups excluding carboxylic acids is 1. The maximum atomic E-state index is 12.8. The van der Waals surface area contributed by atoms with Crippen LogP contribution in [-0.4, -0.2) is 38.8 Å². The highest BCUT2D eigenvalue weighted by atomic mass is 35.5. The number of benzene rings is 3. The number of hydrogen-bond donors (Lipinski definition) is 1. The molecule has 1 fully saturated rings. The van der Waals surface area contributed by atoms with Gasteiger partial charge in [0.2, 0.25) is 10.0 Å².